The van der Waals surface area contributed by atoms with Crippen molar-refractivity contribution in [2.24, 2.45) is 5.92 Å². The van der Waals surface area contributed by atoms with Crippen LogP contribution in [-0.2, 0) is 5.54 Å². The number of hydrogen-bond acceptors (Lipinski definition) is 5. The van der Waals surface area contributed by atoms with E-state index in [9.17, 15) is 10.1 Å². The fourth-order valence-electron chi connectivity index (χ4n) is 2.59. The number of Topliss-reactive ketones (excluding diaryl/α,β-unsaturated/α-hetero) is 1. The van der Waals surface area contributed by atoms with E-state index < -0.39 is 5.54 Å². The Morgan fingerprint density at radius 1 is 1.55 bits per heavy atom. The van der Waals surface area contributed by atoms with E-state index >= 15 is 0 Å². The lowest BCUT2D eigenvalue weighted by atomic mass is 9.87. The van der Waals surface area contributed by atoms with Gasteiger partial charge in [0.2, 0.25) is 0 Å². The summed E-state index contributed by atoms with van der Waals surface area (Å²) in [5.74, 6) is 0.441. The molecule has 6 heteroatoms. The van der Waals surface area contributed by atoms with Crippen LogP contribution in [0.3, 0.4) is 0 Å². The summed E-state index contributed by atoms with van der Waals surface area (Å²) in [6.45, 7) is 4.17. The predicted molar refractivity (Wildman–Crippen MR) is 83.7 cm³/mol. The van der Waals surface area contributed by atoms with Crippen molar-refractivity contribution in [3.8, 4) is 6.07 Å². The molecule has 3 rings (SSSR count). The number of rotatable bonds is 6. The van der Waals surface area contributed by atoms with Gasteiger partial charge in [-0.3, -0.25) is 4.79 Å². The third-order valence-corrected chi connectivity index (χ3v) is 5.00. The van der Waals surface area contributed by atoms with Crippen LogP contribution in [0.5, 0.6) is 0 Å². The second-order valence-corrected chi connectivity index (χ2v) is 7.00. The Morgan fingerprint density at radius 2 is 2.32 bits per heavy atom. The van der Waals surface area contributed by atoms with Crippen LogP contribution >= 0.6 is 11.3 Å². The molecule has 114 valence electrons. The lowest BCUT2D eigenvalue weighted by molar-refractivity contribution is 0.0966. The molecule has 1 saturated carbocycles. The lowest BCUT2D eigenvalue weighted by Crippen LogP contribution is -2.15. The third-order valence-electron chi connectivity index (χ3n) is 4.31. The normalized spacial score (nSPS) is 17.2. The average molecular weight is 314 g/mol. The molecule has 0 aromatic carbocycles. The lowest BCUT2D eigenvalue weighted by Gasteiger charge is -2.17. The van der Waals surface area contributed by atoms with Crippen molar-refractivity contribution in [2.45, 2.75) is 44.6 Å². The molecule has 1 fully saturated rings. The highest BCUT2D eigenvalue weighted by Crippen LogP contribution is 2.42. The van der Waals surface area contributed by atoms with Gasteiger partial charge in [-0.2, -0.15) is 16.6 Å². The van der Waals surface area contributed by atoms with Gasteiger partial charge in [-0.25, -0.2) is 4.68 Å². The van der Waals surface area contributed by atoms with Gasteiger partial charge in [0.05, 0.1) is 18.0 Å². The van der Waals surface area contributed by atoms with Gasteiger partial charge in [-0.15, -0.1) is 5.10 Å². The number of thiophene rings is 1. The predicted octanol–water partition coefficient (Wildman–Crippen LogP) is 3.36. The van der Waals surface area contributed by atoms with Crippen LogP contribution in [0.2, 0.25) is 0 Å². The minimum atomic E-state index is -0.496. The number of carbonyl (C=O) groups is 1. The van der Waals surface area contributed by atoms with E-state index in [1.54, 1.807) is 4.68 Å². The van der Waals surface area contributed by atoms with E-state index in [0.29, 0.717) is 6.42 Å². The molecule has 2 aromatic rings. The zero-order valence-corrected chi connectivity index (χ0v) is 13.5. The van der Waals surface area contributed by atoms with Gasteiger partial charge in [-0.1, -0.05) is 19.1 Å². The highest BCUT2D eigenvalue weighted by molar-refractivity contribution is 7.08. The molecule has 1 aliphatic rings. The first-order chi connectivity index (χ1) is 10.6. The SMILES string of the molecule is CC(C)[C@H](CC(=O)c1ccsc1)c1cn(C2(C#N)CC2)nn1. The summed E-state index contributed by atoms with van der Waals surface area (Å²) in [7, 11) is 0. The molecule has 0 N–H and O–H groups in total. The van der Waals surface area contributed by atoms with Crippen LogP contribution in [0, 0.1) is 17.2 Å². The largest absolute Gasteiger partial charge is 0.294 e. The van der Waals surface area contributed by atoms with E-state index in [-0.39, 0.29) is 17.6 Å². The Morgan fingerprint density at radius 3 is 2.86 bits per heavy atom. The van der Waals surface area contributed by atoms with Crippen molar-refractivity contribution in [1.29, 1.82) is 5.26 Å². The highest BCUT2D eigenvalue weighted by Gasteiger charge is 2.46. The molecule has 0 saturated heterocycles. The fourth-order valence-corrected chi connectivity index (χ4v) is 3.25. The number of aromatic nitrogens is 3. The second kappa shape index (κ2) is 5.65. The van der Waals surface area contributed by atoms with Crippen molar-refractivity contribution >= 4 is 17.1 Å². The van der Waals surface area contributed by atoms with Gasteiger partial charge in [-0.05, 0) is 30.2 Å². The van der Waals surface area contributed by atoms with Gasteiger partial charge in [0.15, 0.2) is 11.3 Å². The number of carbonyl (C=O) groups excluding carboxylic acids is 1. The molecule has 0 amide bonds. The minimum Gasteiger partial charge on any atom is -0.294 e. The summed E-state index contributed by atoms with van der Waals surface area (Å²) < 4.78 is 1.67. The Labute approximate surface area is 133 Å². The molecule has 1 aliphatic carbocycles. The topological polar surface area (TPSA) is 71.6 Å². The third kappa shape index (κ3) is 2.69. The smallest absolute Gasteiger partial charge is 0.164 e. The maximum Gasteiger partial charge on any atom is 0.164 e. The Balaban J connectivity index is 1.80. The molecule has 2 heterocycles. The van der Waals surface area contributed by atoms with Gasteiger partial charge in [0.25, 0.3) is 0 Å². The van der Waals surface area contributed by atoms with Gasteiger partial charge >= 0.3 is 0 Å². The minimum absolute atomic E-state index is 0.0237. The second-order valence-electron chi connectivity index (χ2n) is 6.22. The molecule has 0 unspecified atom stereocenters. The molecule has 0 bridgehead atoms. The van der Waals surface area contributed by atoms with E-state index in [0.717, 1.165) is 24.1 Å². The van der Waals surface area contributed by atoms with Crippen LogP contribution in [0.4, 0.5) is 0 Å². The van der Waals surface area contributed by atoms with E-state index in [2.05, 4.69) is 30.2 Å². The van der Waals surface area contributed by atoms with Crippen molar-refractivity contribution in [3.63, 3.8) is 0 Å². The van der Waals surface area contributed by atoms with Gasteiger partial charge in [0.1, 0.15) is 0 Å². The molecule has 2 aromatic heterocycles. The number of nitriles is 1. The van der Waals surface area contributed by atoms with E-state index in [1.165, 1.54) is 11.3 Å². The first kappa shape index (κ1) is 14.9. The summed E-state index contributed by atoms with van der Waals surface area (Å²) in [5, 5.41) is 21.4. The van der Waals surface area contributed by atoms with Crippen molar-refractivity contribution in [3.05, 3.63) is 34.3 Å². The van der Waals surface area contributed by atoms with Crippen LogP contribution in [0.25, 0.3) is 0 Å². The zero-order chi connectivity index (χ0) is 15.7. The average Bonchev–Trinajstić information content (AvgIpc) is 2.95. The molecular weight excluding hydrogens is 296 g/mol. The van der Waals surface area contributed by atoms with Crippen LogP contribution in [0.1, 0.15) is 55.1 Å². The molecule has 5 nitrogen and oxygen atoms in total. The number of hydrogen-bond donors (Lipinski definition) is 0. The van der Waals surface area contributed by atoms with Crippen molar-refractivity contribution < 1.29 is 4.79 Å². The monoisotopic (exact) mass is 314 g/mol. The summed E-state index contributed by atoms with van der Waals surface area (Å²) in [6.07, 6.45) is 3.92. The van der Waals surface area contributed by atoms with Gasteiger partial charge in [0, 0.05) is 23.3 Å². The fraction of sp³-hybridized carbons (Fsp3) is 0.500. The summed E-state index contributed by atoms with van der Waals surface area (Å²) in [5.41, 5.74) is 1.07. The first-order valence-electron chi connectivity index (χ1n) is 7.45. The van der Waals surface area contributed by atoms with Crippen molar-refractivity contribution in [1.82, 2.24) is 15.0 Å². The number of nitrogens with zero attached hydrogens (tertiary/aromatic N) is 4. The molecule has 22 heavy (non-hydrogen) atoms. The maximum atomic E-state index is 12.4. The summed E-state index contributed by atoms with van der Waals surface area (Å²) in [6, 6.07) is 4.17. The summed E-state index contributed by atoms with van der Waals surface area (Å²) >= 11 is 1.53. The van der Waals surface area contributed by atoms with E-state index in [1.807, 2.05) is 23.0 Å². The summed E-state index contributed by atoms with van der Waals surface area (Å²) in [4.78, 5) is 12.4. The molecule has 0 spiro atoms. The van der Waals surface area contributed by atoms with Crippen LogP contribution < -0.4 is 0 Å². The van der Waals surface area contributed by atoms with Crippen LogP contribution in [-0.4, -0.2) is 20.8 Å². The zero-order valence-electron chi connectivity index (χ0n) is 12.7. The Bertz CT molecular complexity index is 707. The molecule has 0 radical (unpaired) electrons. The number of ketones is 1. The highest BCUT2D eigenvalue weighted by atomic mass is 32.1. The maximum absolute atomic E-state index is 12.4. The molecule has 1 atom stereocenters. The Kier molecular flexibility index (Phi) is 3.83. The Hall–Kier alpha value is -2.00. The van der Waals surface area contributed by atoms with E-state index in [4.69, 9.17) is 0 Å². The quantitative estimate of drug-likeness (QED) is 0.766. The molecular formula is C16H18N4OS. The first-order valence-corrected chi connectivity index (χ1v) is 8.39. The molecule has 0 aliphatic heterocycles. The van der Waals surface area contributed by atoms with Gasteiger partial charge < -0.3 is 0 Å². The van der Waals surface area contributed by atoms with Crippen molar-refractivity contribution in [2.75, 3.05) is 0 Å². The van der Waals surface area contributed by atoms with Crippen LogP contribution in [0.15, 0.2) is 23.0 Å². The standard InChI is InChI=1S/C16H18N4OS/c1-11(2)13(7-15(21)12-3-6-22-9-12)14-8-20(19-18-14)16(10-17)4-5-16/h3,6,8-9,11,13H,4-5,7H2,1-2H3/t13-/m0/s1.